The van der Waals surface area contributed by atoms with Gasteiger partial charge in [-0.05, 0) is 111 Å². The quantitative estimate of drug-likeness (QED) is 0.608. The van der Waals surface area contributed by atoms with Gasteiger partial charge in [-0.15, -0.1) is 0 Å². The van der Waals surface area contributed by atoms with Gasteiger partial charge < -0.3 is 15.7 Å². The van der Waals surface area contributed by atoms with E-state index in [0.717, 1.165) is 43.8 Å². The number of fused-ring (bicyclic) bond motifs is 1. The van der Waals surface area contributed by atoms with Gasteiger partial charge >= 0.3 is 0 Å². The Kier molecular flexibility index (Phi) is 7.66. The summed E-state index contributed by atoms with van der Waals surface area (Å²) in [5, 5.41) is 10.6. The second kappa shape index (κ2) is 10.7. The largest absolute Gasteiger partial charge is 0.392 e. The van der Waals surface area contributed by atoms with E-state index < -0.39 is 0 Å². The van der Waals surface area contributed by atoms with Crippen LogP contribution < -0.4 is 5.73 Å². The number of nitrogens with zero attached hydrogens (tertiary/aromatic N) is 2. The maximum absolute atomic E-state index is 12.0. The Hall–Kier alpha value is -1.69. The van der Waals surface area contributed by atoms with Crippen molar-refractivity contribution < 1.29 is 9.90 Å². The van der Waals surface area contributed by atoms with Crippen LogP contribution in [-0.4, -0.2) is 65.7 Å². The third-order valence-corrected chi connectivity index (χ3v) is 9.85. The van der Waals surface area contributed by atoms with Gasteiger partial charge in [0.25, 0.3) is 0 Å². The second-order valence-corrected chi connectivity index (χ2v) is 11.9. The number of hydrogen-bond donors (Lipinski definition) is 2. The van der Waals surface area contributed by atoms with Crippen molar-refractivity contribution in [1.82, 2.24) is 9.80 Å². The van der Waals surface area contributed by atoms with Gasteiger partial charge in [-0.2, -0.15) is 0 Å². The number of aliphatic hydroxyl groups excluding tert-OH is 1. The molecule has 2 aliphatic heterocycles. The SMILES string of the molecule is CC(C)C1CCC(N2CCC(C3C(CO)=C(CN4CCCC4C(N)=O)c4ccccc43)CC2)CC1. The first-order valence-corrected chi connectivity index (χ1v) is 14.2. The molecule has 5 rings (SSSR count). The van der Waals surface area contributed by atoms with Crippen LogP contribution in [0.15, 0.2) is 29.8 Å². The minimum atomic E-state index is -0.216. The minimum Gasteiger partial charge on any atom is -0.392 e. The molecular weight excluding hydrogens is 434 g/mol. The molecule has 5 heteroatoms. The summed E-state index contributed by atoms with van der Waals surface area (Å²) in [4.78, 5) is 17.0. The molecule has 5 nitrogen and oxygen atoms in total. The summed E-state index contributed by atoms with van der Waals surface area (Å²) in [5.74, 6) is 2.40. The first kappa shape index (κ1) is 25.0. The third-order valence-electron chi connectivity index (χ3n) is 9.85. The number of carbonyl (C=O) groups is 1. The van der Waals surface area contributed by atoms with Crippen LogP contribution in [0.5, 0.6) is 0 Å². The number of benzene rings is 1. The molecule has 3 N–H and O–H groups in total. The van der Waals surface area contributed by atoms with E-state index in [0.29, 0.717) is 11.8 Å². The van der Waals surface area contributed by atoms with Crippen LogP contribution in [0.25, 0.3) is 5.57 Å². The van der Waals surface area contributed by atoms with Gasteiger partial charge in [0.15, 0.2) is 0 Å². The Morgan fingerprint density at radius 1 is 1.03 bits per heavy atom. The molecule has 1 amide bonds. The molecular formula is C30H45N3O2. The summed E-state index contributed by atoms with van der Waals surface area (Å²) in [6.45, 7) is 8.86. The number of likely N-dealkylation sites (tertiary alicyclic amines) is 2. The zero-order chi connectivity index (χ0) is 24.5. The summed E-state index contributed by atoms with van der Waals surface area (Å²) in [6.07, 6.45) is 9.77. The van der Waals surface area contributed by atoms with Gasteiger partial charge in [0, 0.05) is 18.5 Å². The molecule has 0 bridgehead atoms. The molecule has 2 unspecified atom stereocenters. The van der Waals surface area contributed by atoms with Crippen LogP contribution in [0.1, 0.15) is 82.3 Å². The molecule has 0 radical (unpaired) electrons. The van der Waals surface area contributed by atoms with Crippen molar-refractivity contribution in [3.8, 4) is 0 Å². The van der Waals surface area contributed by atoms with Crippen molar-refractivity contribution in [1.29, 1.82) is 0 Å². The van der Waals surface area contributed by atoms with Crippen molar-refractivity contribution in [2.45, 2.75) is 83.2 Å². The van der Waals surface area contributed by atoms with Gasteiger partial charge in [0.2, 0.25) is 5.91 Å². The first-order chi connectivity index (χ1) is 17.0. The van der Waals surface area contributed by atoms with Crippen LogP contribution >= 0.6 is 0 Å². The maximum Gasteiger partial charge on any atom is 0.234 e. The average Bonchev–Trinajstić information content (AvgIpc) is 3.47. The monoisotopic (exact) mass is 479 g/mol. The smallest absolute Gasteiger partial charge is 0.234 e. The summed E-state index contributed by atoms with van der Waals surface area (Å²) in [5.41, 5.74) is 10.8. The Labute approximate surface area is 211 Å². The Morgan fingerprint density at radius 2 is 1.74 bits per heavy atom. The molecule has 0 spiro atoms. The van der Waals surface area contributed by atoms with E-state index in [1.807, 2.05) is 0 Å². The zero-order valence-electron chi connectivity index (χ0n) is 21.8. The maximum atomic E-state index is 12.0. The highest BCUT2D eigenvalue weighted by atomic mass is 16.3. The van der Waals surface area contributed by atoms with Gasteiger partial charge in [0.1, 0.15) is 0 Å². The lowest BCUT2D eigenvalue weighted by Crippen LogP contribution is -2.44. The molecule has 2 atom stereocenters. The average molecular weight is 480 g/mol. The number of aliphatic hydroxyl groups is 1. The van der Waals surface area contributed by atoms with Gasteiger partial charge in [0.05, 0.1) is 12.6 Å². The van der Waals surface area contributed by atoms with E-state index in [1.54, 1.807) is 0 Å². The van der Waals surface area contributed by atoms with E-state index in [2.05, 4.69) is 47.9 Å². The molecule has 0 aromatic heterocycles. The lowest BCUT2D eigenvalue weighted by atomic mass is 9.76. The molecule has 3 fully saturated rings. The standard InChI is InChI=1S/C30H45N3O2/c1-20(2)21-9-11-23(12-10-21)32-16-13-22(14-17-32)29-25-7-4-3-6-24(25)26(27(29)19-34)18-33-15-5-8-28(33)30(31)35/h3-4,6-7,20-23,28-29,34H,5,8-19H2,1-2H3,(H2,31,35). The van der Waals surface area contributed by atoms with Crippen molar-refractivity contribution >= 4 is 11.5 Å². The van der Waals surface area contributed by atoms with E-state index in [4.69, 9.17) is 5.73 Å². The molecule has 2 saturated heterocycles. The molecule has 192 valence electrons. The van der Waals surface area contributed by atoms with Crippen molar-refractivity contribution in [3.63, 3.8) is 0 Å². The normalized spacial score (nSPS) is 30.9. The second-order valence-electron chi connectivity index (χ2n) is 11.9. The minimum absolute atomic E-state index is 0.100. The van der Waals surface area contributed by atoms with Crippen LogP contribution in [0.3, 0.4) is 0 Å². The predicted molar refractivity (Wildman–Crippen MR) is 142 cm³/mol. The van der Waals surface area contributed by atoms with Crippen molar-refractivity contribution in [2.75, 3.05) is 32.8 Å². The number of amides is 1. The summed E-state index contributed by atoms with van der Waals surface area (Å²) in [6, 6.07) is 9.35. The summed E-state index contributed by atoms with van der Waals surface area (Å²) >= 11 is 0. The fraction of sp³-hybridized carbons (Fsp3) is 0.700. The highest BCUT2D eigenvalue weighted by Crippen LogP contribution is 2.49. The van der Waals surface area contributed by atoms with Crippen molar-refractivity contribution in [3.05, 3.63) is 41.0 Å². The molecule has 2 aliphatic carbocycles. The summed E-state index contributed by atoms with van der Waals surface area (Å²) in [7, 11) is 0. The molecule has 1 aromatic carbocycles. The van der Waals surface area contributed by atoms with Gasteiger partial charge in [-0.25, -0.2) is 0 Å². The lowest BCUT2D eigenvalue weighted by Gasteiger charge is -2.43. The highest BCUT2D eigenvalue weighted by molar-refractivity contribution is 5.82. The number of hydrogen-bond acceptors (Lipinski definition) is 4. The van der Waals surface area contributed by atoms with Crippen LogP contribution in [0.2, 0.25) is 0 Å². The fourth-order valence-corrected chi connectivity index (χ4v) is 7.80. The molecule has 4 aliphatic rings. The van der Waals surface area contributed by atoms with Gasteiger partial charge in [-0.1, -0.05) is 38.1 Å². The van der Waals surface area contributed by atoms with Crippen molar-refractivity contribution in [2.24, 2.45) is 23.5 Å². The fourth-order valence-electron chi connectivity index (χ4n) is 7.80. The topological polar surface area (TPSA) is 69.8 Å². The van der Waals surface area contributed by atoms with E-state index >= 15 is 0 Å². The third kappa shape index (κ3) is 4.97. The molecule has 1 aromatic rings. The Balaban J connectivity index is 1.30. The first-order valence-electron chi connectivity index (χ1n) is 14.2. The molecule has 35 heavy (non-hydrogen) atoms. The number of nitrogens with two attached hydrogens (primary N) is 1. The van der Waals surface area contributed by atoms with Crippen LogP contribution in [0, 0.1) is 17.8 Å². The van der Waals surface area contributed by atoms with Crippen LogP contribution in [0.4, 0.5) is 0 Å². The van der Waals surface area contributed by atoms with E-state index in [1.165, 1.54) is 73.9 Å². The highest BCUT2D eigenvalue weighted by Gasteiger charge is 2.40. The molecule has 2 heterocycles. The number of carbonyl (C=O) groups excluding carboxylic acids is 1. The van der Waals surface area contributed by atoms with E-state index in [-0.39, 0.29) is 18.6 Å². The number of piperidine rings is 1. The van der Waals surface area contributed by atoms with E-state index in [9.17, 15) is 9.90 Å². The Bertz CT molecular complexity index is 925. The number of primary amides is 1. The van der Waals surface area contributed by atoms with Crippen LogP contribution in [-0.2, 0) is 4.79 Å². The summed E-state index contributed by atoms with van der Waals surface area (Å²) < 4.78 is 0. The predicted octanol–water partition coefficient (Wildman–Crippen LogP) is 4.41. The zero-order valence-corrected chi connectivity index (χ0v) is 21.8. The lowest BCUT2D eigenvalue weighted by molar-refractivity contribution is -0.122. The van der Waals surface area contributed by atoms with Gasteiger partial charge in [-0.3, -0.25) is 9.69 Å². The number of rotatable bonds is 7. The Morgan fingerprint density at radius 3 is 2.40 bits per heavy atom. The molecule has 1 saturated carbocycles.